The highest BCUT2D eigenvalue weighted by Gasteiger charge is 2.15. The van der Waals surface area contributed by atoms with Crippen molar-refractivity contribution in [3.05, 3.63) is 0 Å². The van der Waals surface area contributed by atoms with Crippen molar-refractivity contribution in [1.29, 1.82) is 0 Å². The Bertz CT molecular complexity index is 150. The fourth-order valence-corrected chi connectivity index (χ4v) is 0.421. The maximum Gasteiger partial charge on any atom is 0.417 e. The van der Waals surface area contributed by atoms with Crippen LogP contribution in [0.3, 0.4) is 0 Å². The number of carbonyl (C=O) groups excluding carboxylic acids is 2. The van der Waals surface area contributed by atoms with Gasteiger partial charge in [-0.3, -0.25) is 0 Å². The number of ether oxygens (including phenoxy) is 2. The van der Waals surface area contributed by atoms with Gasteiger partial charge in [-0.15, -0.1) is 24.8 Å². The summed E-state index contributed by atoms with van der Waals surface area (Å²) in [7, 11) is 0. The lowest BCUT2D eigenvalue weighted by atomic mass is 10.6. The number of esters is 2. The van der Waals surface area contributed by atoms with Crippen molar-refractivity contribution in [2.75, 3.05) is 26.3 Å². The molecule has 0 aliphatic carbocycles. The summed E-state index contributed by atoms with van der Waals surface area (Å²) in [5.74, 6) is -2.07. The summed E-state index contributed by atoms with van der Waals surface area (Å²) in [4.78, 5) is 21.2. The van der Waals surface area contributed by atoms with E-state index in [1.54, 1.807) is 0 Å². The molecule has 0 amide bonds. The normalized spacial score (nSPS) is 7.86. The number of hydrogen-bond donors (Lipinski definition) is 2. The molecule has 0 saturated carbocycles. The Balaban J connectivity index is -0.000000605. The van der Waals surface area contributed by atoms with Crippen LogP contribution in [-0.4, -0.2) is 38.2 Å². The molecule has 0 unspecified atom stereocenters. The molecule has 0 bridgehead atoms. The molecule has 0 rings (SSSR count). The van der Waals surface area contributed by atoms with Gasteiger partial charge in [0.2, 0.25) is 0 Å². The summed E-state index contributed by atoms with van der Waals surface area (Å²) in [5.41, 5.74) is 10.1. The van der Waals surface area contributed by atoms with Crippen molar-refractivity contribution in [2.24, 2.45) is 11.5 Å². The second kappa shape index (κ2) is 12.4. The van der Waals surface area contributed by atoms with Gasteiger partial charge in [-0.05, 0) is 0 Å². The molecule has 0 aliphatic rings. The van der Waals surface area contributed by atoms with Crippen LogP contribution in [0.2, 0.25) is 0 Å². The Labute approximate surface area is 94.1 Å². The molecule has 4 N–H and O–H groups in total. The zero-order valence-electron chi connectivity index (χ0n) is 7.43. The smallest absolute Gasteiger partial charge is 0.417 e. The van der Waals surface area contributed by atoms with Crippen molar-refractivity contribution in [2.45, 2.75) is 0 Å². The van der Waals surface area contributed by atoms with Crippen molar-refractivity contribution in [3.63, 3.8) is 0 Å². The van der Waals surface area contributed by atoms with Crippen molar-refractivity contribution in [3.8, 4) is 0 Å². The lowest BCUT2D eigenvalue weighted by Gasteiger charge is -2.02. The first-order chi connectivity index (χ1) is 5.72. The highest BCUT2D eigenvalue weighted by molar-refractivity contribution is 6.29. The summed E-state index contributed by atoms with van der Waals surface area (Å²) in [6, 6.07) is 0. The molecule has 0 aromatic rings. The van der Waals surface area contributed by atoms with Crippen LogP contribution in [-0.2, 0) is 19.1 Å². The van der Waals surface area contributed by atoms with E-state index in [-0.39, 0.29) is 51.1 Å². The molecule has 0 aliphatic heterocycles. The van der Waals surface area contributed by atoms with E-state index in [1.165, 1.54) is 0 Å². The number of halogens is 2. The lowest BCUT2D eigenvalue weighted by molar-refractivity contribution is -0.167. The molecular weight excluding hydrogens is 235 g/mol. The van der Waals surface area contributed by atoms with Gasteiger partial charge >= 0.3 is 11.9 Å². The fourth-order valence-electron chi connectivity index (χ4n) is 0.421. The molecule has 0 radical (unpaired) electrons. The number of hydrogen-bond acceptors (Lipinski definition) is 6. The monoisotopic (exact) mass is 248 g/mol. The molecule has 14 heavy (non-hydrogen) atoms. The Morgan fingerprint density at radius 2 is 1.14 bits per heavy atom. The number of carbonyl (C=O) groups is 2. The second-order valence-corrected chi connectivity index (χ2v) is 1.85. The van der Waals surface area contributed by atoms with E-state index in [2.05, 4.69) is 9.47 Å². The Kier molecular flexibility index (Phi) is 17.0. The Morgan fingerprint density at radius 1 is 0.857 bits per heavy atom. The summed E-state index contributed by atoms with van der Waals surface area (Å²) >= 11 is 0. The molecule has 0 spiro atoms. The van der Waals surface area contributed by atoms with Gasteiger partial charge in [-0.25, -0.2) is 9.59 Å². The SMILES string of the molecule is Cl.Cl.NCCOC(=O)C(=O)OCCN. The van der Waals surface area contributed by atoms with Crippen LogP contribution < -0.4 is 11.5 Å². The van der Waals surface area contributed by atoms with Gasteiger partial charge < -0.3 is 20.9 Å². The first-order valence-corrected chi connectivity index (χ1v) is 3.46. The average Bonchev–Trinajstić information content (AvgIpc) is 2.10. The van der Waals surface area contributed by atoms with Crippen LogP contribution in [0, 0.1) is 0 Å². The minimum atomic E-state index is -1.03. The number of rotatable bonds is 4. The van der Waals surface area contributed by atoms with E-state index in [1.807, 2.05) is 0 Å². The average molecular weight is 249 g/mol. The van der Waals surface area contributed by atoms with Crippen molar-refractivity contribution < 1.29 is 19.1 Å². The zero-order chi connectivity index (χ0) is 9.40. The molecule has 0 fully saturated rings. The fraction of sp³-hybridized carbons (Fsp3) is 0.667. The third-order valence-electron chi connectivity index (χ3n) is 0.869. The van der Waals surface area contributed by atoms with E-state index in [9.17, 15) is 9.59 Å². The van der Waals surface area contributed by atoms with Crippen LogP contribution in [0.1, 0.15) is 0 Å². The summed E-state index contributed by atoms with van der Waals surface area (Å²) < 4.78 is 8.74. The minimum Gasteiger partial charge on any atom is -0.456 e. The predicted molar refractivity (Wildman–Crippen MR) is 54.5 cm³/mol. The molecule has 0 atom stereocenters. The quantitative estimate of drug-likeness (QED) is 0.480. The molecule has 0 heterocycles. The van der Waals surface area contributed by atoms with Gasteiger partial charge in [-0.1, -0.05) is 0 Å². The van der Waals surface area contributed by atoms with E-state index in [0.29, 0.717) is 0 Å². The third-order valence-corrected chi connectivity index (χ3v) is 0.869. The molecule has 86 valence electrons. The standard InChI is InChI=1S/C6H12N2O4.2ClH/c7-1-3-11-5(9)6(10)12-4-2-8;;/h1-4,7-8H2;2*1H. The summed E-state index contributed by atoms with van der Waals surface area (Å²) in [6.07, 6.45) is 0. The van der Waals surface area contributed by atoms with Gasteiger partial charge in [0.25, 0.3) is 0 Å². The lowest BCUT2D eigenvalue weighted by Crippen LogP contribution is -2.25. The maximum absolute atomic E-state index is 10.6. The largest absolute Gasteiger partial charge is 0.456 e. The molecule has 0 saturated heterocycles. The van der Waals surface area contributed by atoms with Gasteiger partial charge in [0.05, 0.1) is 0 Å². The van der Waals surface area contributed by atoms with Gasteiger partial charge in [0.1, 0.15) is 13.2 Å². The van der Waals surface area contributed by atoms with Crippen LogP contribution in [0.4, 0.5) is 0 Å². The van der Waals surface area contributed by atoms with E-state index in [0.717, 1.165) is 0 Å². The van der Waals surface area contributed by atoms with Crippen LogP contribution in [0.5, 0.6) is 0 Å². The van der Waals surface area contributed by atoms with Crippen molar-refractivity contribution >= 4 is 36.8 Å². The second-order valence-electron chi connectivity index (χ2n) is 1.85. The first kappa shape index (κ1) is 19.1. The molecule has 8 heteroatoms. The van der Waals surface area contributed by atoms with Crippen LogP contribution in [0.15, 0.2) is 0 Å². The molecule has 6 nitrogen and oxygen atoms in total. The molecule has 0 aromatic carbocycles. The van der Waals surface area contributed by atoms with Crippen molar-refractivity contribution in [1.82, 2.24) is 0 Å². The van der Waals surface area contributed by atoms with Gasteiger partial charge in [-0.2, -0.15) is 0 Å². The van der Waals surface area contributed by atoms with Gasteiger partial charge in [0.15, 0.2) is 0 Å². The molecule has 0 aromatic heterocycles. The van der Waals surface area contributed by atoms with Gasteiger partial charge in [0, 0.05) is 13.1 Å². The Hall–Kier alpha value is -0.560. The highest BCUT2D eigenvalue weighted by atomic mass is 35.5. The maximum atomic E-state index is 10.6. The third kappa shape index (κ3) is 9.53. The Morgan fingerprint density at radius 3 is 1.36 bits per heavy atom. The minimum absolute atomic E-state index is 0. The van der Waals surface area contributed by atoms with Crippen LogP contribution >= 0.6 is 24.8 Å². The zero-order valence-corrected chi connectivity index (χ0v) is 9.07. The molecular formula is C6H14Cl2N2O4. The predicted octanol–water partition coefficient (Wildman–Crippen LogP) is -1.17. The summed E-state index contributed by atoms with van der Waals surface area (Å²) in [6.45, 7) is 0.374. The topological polar surface area (TPSA) is 105 Å². The van der Waals surface area contributed by atoms with Crippen LogP contribution in [0.25, 0.3) is 0 Å². The summed E-state index contributed by atoms with van der Waals surface area (Å²) in [5, 5.41) is 0. The van der Waals surface area contributed by atoms with E-state index < -0.39 is 11.9 Å². The number of nitrogens with two attached hydrogens (primary N) is 2. The van der Waals surface area contributed by atoms with E-state index >= 15 is 0 Å². The highest BCUT2D eigenvalue weighted by Crippen LogP contribution is 1.83. The first-order valence-electron chi connectivity index (χ1n) is 3.46. The van der Waals surface area contributed by atoms with E-state index in [4.69, 9.17) is 11.5 Å².